The number of carbonyl (C=O) groups is 4. The van der Waals surface area contributed by atoms with E-state index in [9.17, 15) is 43.2 Å². The largest absolute Gasteiger partial charge is 0.472 e. The van der Waals surface area contributed by atoms with E-state index in [-0.39, 0.29) is 25.7 Å². The lowest BCUT2D eigenvalue weighted by Gasteiger charge is -2.21. The zero-order valence-corrected chi connectivity index (χ0v) is 57.7. The van der Waals surface area contributed by atoms with Crippen LogP contribution in [0.3, 0.4) is 0 Å². The summed E-state index contributed by atoms with van der Waals surface area (Å²) in [7, 11) is -9.91. The minimum Gasteiger partial charge on any atom is -0.462 e. The number of aliphatic hydroxyl groups is 1. The van der Waals surface area contributed by atoms with Gasteiger partial charge in [0.15, 0.2) is 12.2 Å². The first kappa shape index (κ1) is 84.5. The first-order valence-corrected chi connectivity index (χ1v) is 37.7. The van der Waals surface area contributed by atoms with Gasteiger partial charge in [-0.05, 0) is 69.1 Å². The fourth-order valence-electron chi connectivity index (χ4n) is 9.65. The summed E-state index contributed by atoms with van der Waals surface area (Å²) in [5.74, 6) is -0.0202. The van der Waals surface area contributed by atoms with Crippen molar-refractivity contribution in [3.63, 3.8) is 0 Å². The Labute approximate surface area is 529 Å². The highest BCUT2D eigenvalue weighted by molar-refractivity contribution is 7.47. The second-order valence-corrected chi connectivity index (χ2v) is 28.2. The molecule has 3 N–H and O–H groups in total. The second kappa shape index (κ2) is 58.6. The van der Waals surface area contributed by atoms with E-state index in [1.54, 1.807) is 0 Å². The number of hydrogen-bond donors (Lipinski definition) is 3. The highest BCUT2D eigenvalue weighted by Crippen LogP contribution is 2.45. The standard InChI is InChI=1S/C68H128O17P2/c1-8-9-10-11-12-13-14-15-16-17-18-19-29-37-44-51-67(72)84-63(55-78-65(70)49-42-35-28-22-20-25-32-39-46-59(2)3)57-82-86(74,75)80-53-62(69)54-81-87(76,77)83-58-64(56-79-66(71)50-43-36-31-24-27-34-41-48-61(6)7)85-68(73)52-45-38-30-23-21-26-33-40-47-60(4)5/h13-16,59-64,69H,8-12,17-58H2,1-7H3,(H,74,75)(H,76,77)/b14-13-,16-15-/t62?,63-,64-/m1/s1. The molecule has 0 spiro atoms. The van der Waals surface area contributed by atoms with E-state index in [0.717, 1.165) is 121 Å². The van der Waals surface area contributed by atoms with Crippen LogP contribution < -0.4 is 0 Å². The molecule has 0 amide bonds. The van der Waals surface area contributed by atoms with E-state index in [1.807, 2.05) is 0 Å². The fourth-order valence-corrected chi connectivity index (χ4v) is 11.2. The van der Waals surface area contributed by atoms with Crippen LogP contribution in [0.1, 0.15) is 312 Å². The Hall–Kier alpha value is -2.46. The average Bonchev–Trinajstić information content (AvgIpc) is 3.68. The van der Waals surface area contributed by atoms with Crippen molar-refractivity contribution in [2.75, 3.05) is 39.6 Å². The van der Waals surface area contributed by atoms with Crippen LogP contribution in [-0.4, -0.2) is 96.7 Å². The van der Waals surface area contributed by atoms with Gasteiger partial charge in [-0.25, -0.2) is 9.13 Å². The zero-order valence-electron chi connectivity index (χ0n) is 56.0. The topological polar surface area (TPSA) is 237 Å². The molecule has 0 aromatic rings. The number of rotatable bonds is 64. The van der Waals surface area contributed by atoms with Gasteiger partial charge >= 0.3 is 39.5 Å². The van der Waals surface area contributed by atoms with Gasteiger partial charge in [0.05, 0.1) is 26.4 Å². The Morgan fingerprint density at radius 3 is 0.931 bits per heavy atom. The summed E-state index contributed by atoms with van der Waals surface area (Å²) >= 11 is 0. The predicted molar refractivity (Wildman–Crippen MR) is 349 cm³/mol. The summed E-state index contributed by atoms with van der Waals surface area (Å²) in [6.45, 7) is 11.6. The summed E-state index contributed by atoms with van der Waals surface area (Å²) in [5, 5.41) is 10.6. The molecule has 0 heterocycles. The summed E-state index contributed by atoms with van der Waals surface area (Å²) in [5.41, 5.74) is 0. The Bertz CT molecular complexity index is 1810. The molecule has 17 nitrogen and oxygen atoms in total. The van der Waals surface area contributed by atoms with Gasteiger partial charge in [0.1, 0.15) is 19.3 Å². The number of phosphoric ester groups is 2. The monoisotopic (exact) mass is 1280 g/mol. The molecule has 0 aliphatic rings. The molecular weight excluding hydrogens is 1150 g/mol. The van der Waals surface area contributed by atoms with Gasteiger partial charge in [0.25, 0.3) is 0 Å². The number of aliphatic hydroxyl groups excluding tert-OH is 1. The van der Waals surface area contributed by atoms with Crippen molar-refractivity contribution in [1.82, 2.24) is 0 Å². The van der Waals surface area contributed by atoms with Crippen LogP contribution in [0.2, 0.25) is 0 Å². The van der Waals surface area contributed by atoms with Crippen molar-refractivity contribution in [2.45, 2.75) is 330 Å². The number of phosphoric acid groups is 2. The average molecular weight is 1280 g/mol. The summed E-state index contributed by atoms with van der Waals surface area (Å²) in [4.78, 5) is 72.4. The molecule has 87 heavy (non-hydrogen) atoms. The molecule has 0 saturated carbocycles. The first-order valence-electron chi connectivity index (χ1n) is 34.7. The number of hydrogen-bond acceptors (Lipinski definition) is 15. The van der Waals surface area contributed by atoms with Crippen molar-refractivity contribution in [3.8, 4) is 0 Å². The third-order valence-electron chi connectivity index (χ3n) is 15.0. The molecule has 0 aliphatic carbocycles. The smallest absolute Gasteiger partial charge is 0.462 e. The lowest BCUT2D eigenvalue weighted by Crippen LogP contribution is -2.30. The number of unbranched alkanes of at least 4 members (excludes halogenated alkanes) is 29. The molecule has 3 unspecified atom stereocenters. The predicted octanol–water partition coefficient (Wildman–Crippen LogP) is 18.6. The zero-order chi connectivity index (χ0) is 64.5. The third kappa shape index (κ3) is 62.1. The Balaban J connectivity index is 5.29. The molecule has 0 aromatic carbocycles. The number of esters is 4. The van der Waals surface area contributed by atoms with Crippen molar-refractivity contribution in [1.29, 1.82) is 0 Å². The van der Waals surface area contributed by atoms with Gasteiger partial charge in [-0.2, -0.15) is 0 Å². The quantitative estimate of drug-likeness (QED) is 0.0169. The lowest BCUT2D eigenvalue weighted by molar-refractivity contribution is -0.161. The van der Waals surface area contributed by atoms with E-state index >= 15 is 0 Å². The molecule has 0 fully saturated rings. The SMILES string of the molecule is CCCCCC/C=C\C=C/CCCCCCCC(=O)O[C@H](COC(=O)CCCCCCCCCCC(C)C)COP(=O)(O)OCC(O)COP(=O)(O)OC[C@@H](COC(=O)CCCCCCCCCC(C)C)OC(=O)CCCCCCCCCCC(C)C. The lowest BCUT2D eigenvalue weighted by atomic mass is 10.0. The van der Waals surface area contributed by atoms with E-state index < -0.39 is 97.5 Å². The molecule has 0 saturated heterocycles. The van der Waals surface area contributed by atoms with Gasteiger partial charge in [0.2, 0.25) is 0 Å². The molecule has 0 radical (unpaired) electrons. The number of ether oxygens (including phenoxy) is 4. The normalized spacial score (nSPS) is 14.4. The number of carbonyl (C=O) groups excluding carboxylic acids is 4. The Morgan fingerprint density at radius 2 is 0.621 bits per heavy atom. The maximum Gasteiger partial charge on any atom is 0.472 e. The van der Waals surface area contributed by atoms with Crippen LogP contribution in [0.4, 0.5) is 0 Å². The van der Waals surface area contributed by atoms with Crippen LogP contribution in [0.5, 0.6) is 0 Å². The molecule has 0 aromatic heterocycles. The van der Waals surface area contributed by atoms with E-state index in [4.69, 9.17) is 37.0 Å². The highest BCUT2D eigenvalue weighted by atomic mass is 31.2. The van der Waals surface area contributed by atoms with E-state index in [0.29, 0.717) is 37.5 Å². The van der Waals surface area contributed by atoms with Crippen molar-refractivity contribution < 1.29 is 80.2 Å². The van der Waals surface area contributed by atoms with Gasteiger partial charge in [0, 0.05) is 25.7 Å². The van der Waals surface area contributed by atoms with Crippen LogP contribution >= 0.6 is 15.6 Å². The minimum absolute atomic E-state index is 0.0838. The van der Waals surface area contributed by atoms with E-state index in [2.05, 4.69) is 72.8 Å². The molecule has 0 aliphatic heterocycles. The molecule has 0 rings (SSSR count). The Kier molecular flexibility index (Phi) is 57.0. The summed E-state index contributed by atoms with van der Waals surface area (Å²) in [6, 6.07) is 0. The van der Waals surface area contributed by atoms with Crippen LogP contribution in [0.25, 0.3) is 0 Å². The molecule has 0 bridgehead atoms. The maximum absolute atomic E-state index is 13.0. The van der Waals surface area contributed by atoms with Crippen LogP contribution in [0, 0.1) is 17.8 Å². The Morgan fingerprint density at radius 1 is 0.356 bits per heavy atom. The highest BCUT2D eigenvalue weighted by Gasteiger charge is 2.30. The molecule has 512 valence electrons. The van der Waals surface area contributed by atoms with Gasteiger partial charge in [-0.3, -0.25) is 37.3 Å². The molecule has 19 heteroatoms. The summed E-state index contributed by atoms with van der Waals surface area (Å²) in [6.07, 6.45) is 44.1. The van der Waals surface area contributed by atoms with Gasteiger partial charge < -0.3 is 33.8 Å². The van der Waals surface area contributed by atoms with Crippen LogP contribution in [-0.2, 0) is 65.4 Å². The minimum atomic E-state index is -4.96. The summed E-state index contributed by atoms with van der Waals surface area (Å²) < 4.78 is 68.1. The molecular formula is C68H128O17P2. The van der Waals surface area contributed by atoms with Crippen LogP contribution in [0.15, 0.2) is 24.3 Å². The first-order chi connectivity index (χ1) is 41.7. The van der Waals surface area contributed by atoms with Crippen molar-refractivity contribution in [3.05, 3.63) is 24.3 Å². The molecule has 5 atom stereocenters. The maximum atomic E-state index is 13.0. The van der Waals surface area contributed by atoms with Gasteiger partial charge in [-0.1, -0.05) is 259 Å². The fraction of sp³-hybridized carbons (Fsp3) is 0.882. The van der Waals surface area contributed by atoms with Crippen molar-refractivity contribution in [2.24, 2.45) is 17.8 Å². The van der Waals surface area contributed by atoms with Gasteiger partial charge in [-0.15, -0.1) is 0 Å². The number of allylic oxidation sites excluding steroid dienone is 4. The third-order valence-corrected chi connectivity index (χ3v) is 16.9. The second-order valence-electron chi connectivity index (χ2n) is 25.3. The van der Waals surface area contributed by atoms with E-state index in [1.165, 1.54) is 96.3 Å². The van der Waals surface area contributed by atoms with Crippen molar-refractivity contribution >= 4 is 39.5 Å².